The zero-order valence-corrected chi connectivity index (χ0v) is 8.41. The topological polar surface area (TPSA) is 83.5 Å². The standard InChI is InChI=1S/C10H19NO3/c11-7-8(12)6-10(9(13)14)4-2-1-3-5-10/h8,12H,1-7,11H2,(H,13,14). The van der Waals surface area contributed by atoms with E-state index in [2.05, 4.69) is 0 Å². The number of rotatable bonds is 4. The molecule has 0 heterocycles. The molecule has 0 amide bonds. The fraction of sp³-hybridized carbons (Fsp3) is 0.900. The van der Waals surface area contributed by atoms with Crippen LogP contribution in [0.5, 0.6) is 0 Å². The van der Waals surface area contributed by atoms with Crippen molar-refractivity contribution in [3.8, 4) is 0 Å². The molecule has 1 rings (SSSR count). The van der Waals surface area contributed by atoms with Crippen molar-refractivity contribution in [2.75, 3.05) is 6.54 Å². The summed E-state index contributed by atoms with van der Waals surface area (Å²) in [4.78, 5) is 11.2. The zero-order chi connectivity index (χ0) is 10.6. The van der Waals surface area contributed by atoms with Gasteiger partial charge in [-0.2, -0.15) is 0 Å². The Morgan fingerprint density at radius 1 is 1.36 bits per heavy atom. The molecular weight excluding hydrogens is 182 g/mol. The maximum Gasteiger partial charge on any atom is 0.309 e. The van der Waals surface area contributed by atoms with Crippen LogP contribution in [0.3, 0.4) is 0 Å². The number of aliphatic hydroxyl groups is 1. The number of carboxylic acid groups (broad SMARTS) is 1. The normalized spacial score (nSPS) is 23.0. The number of nitrogens with two attached hydrogens (primary N) is 1. The lowest BCUT2D eigenvalue weighted by molar-refractivity contribution is -0.153. The molecule has 4 nitrogen and oxygen atoms in total. The van der Waals surface area contributed by atoms with Crippen molar-refractivity contribution in [3.63, 3.8) is 0 Å². The summed E-state index contributed by atoms with van der Waals surface area (Å²) in [7, 11) is 0. The predicted molar refractivity (Wildman–Crippen MR) is 52.8 cm³/mol. The van der Waals surface area contributed by atoms with Crippen molar-refractivity contribution >= 4 is 5.97 Å². The first-order chi connectivity index (χ1) is 6.60. The Labute approximate surface area is 84.1 Å². The average molecular weight is 201 g/mol. The maximum atomic E-state index is 11.2. The van der Waals surface area contributed by atoms with Crippen molar-refractivity contribution in [3.05, 3.63) is 0 Å². The summed E-state index contributed by atoms with van der Waals surface area (Å²) in [6.45, 7) is 0.148. The van der Waals surface area contributed by atoms with Gasteiger partial charge in [0.2, 0.25) is 0 Å². The lowest BCUT2D eigenvalue weighted by atomic mass is 9.70. The van der Waals surface area contributed by atoms with E-state index in [0.717, 1.165) is 19.3 Å². The van der Waals surface area contributed by atoms with E-state index in [1.165, 1.54) is 0 Å². The second kappa shape index (κ2) is 4.75. The molecular formula is C10H19NO3. The van der Waals surface area contributed by atoms with Crippen LogP contribution >= 0.6 is 0 Å². The highest BCUT2D eigenvalue weighted by Gasteiger charge is 2.40. The fourth-order valence-corrected chi connectivity index (χ4v) is 2.27. The summed E-state index contributed by atoms with van der Waals surface area (Å²) in [5.41, 5.74) is 4.59. The molecule has 0 aliphatic heterocycles. The lowest BCUT2D eigenvalue weighted by Crippen LogP contribution is -2.38. The molecule has 0 aromatic carbocycles. The highest BCUT2D eigenvalue weighted by atomic mass is 16.4. The Kier molecular flexibility index (Phi) is 3.89. The minimum Gasteiger partial charge on any atom is -0.481 e. The average Bonchev–Trinajstić information content (AvgIpc) is 2.19. The SMILES string of the molecule is NCC(O)CC1(C(=O)O)CCCCC1. The van der Waals surface area contributed by atoms with Crippen molar-refractivity contribution < 1.29 is 15.0 Å². The number of aliphatic hydroxyl groups excluding tert-OH is 1. The third-order valence-corrected chi connectivity index (χ3v) is 3.16. The van der Waals surface area contributed by atoms with Gasteiger partial charge in [0.15, 0.2) is 0 Å². The molecule has 1 fully saturated rings. The minimum atomic E-state index is -0.773. The summed E-state index contributed by atoms with van der Waals surface area (Å²) in [6, 6.07) is 0. The highest BCUT2D eigenvalue weighted by molar-refractivity contribution is 5.74. The third-order valence-electron chi connectivity index (χ3n) is 3.16. The summed E-state index contributed by atoms with van der Waals surface area (Å²) >= 11 is 0. The molecule has 0 saturated heterocycles. The van der Waals surface area contributed by atoms with Crippen LogP contribution in [0.1, 0.15) is 38.5 Å². The van der Waals surface area contributed by atoms with Crippen LogP contribution in [-0.2, 0) is 4.79 Å². The Morgan fingerprint density at radius 2 is 1.93 bits per heavy atom. The Hall–Kier alpha value is -0.610. The number of aliphatic carboxylic acids is 1. The molecule has 1 unspecified atom stereocenters. The second-order valence-corrected chi connectivity index (χ2v) is 4.24. The lowest BCUT2D eigenvalue weighted by Gasteiger charge is -2.34. The Bertz CT molecular complexity index is 200. The van der Waals surface area contributed by atoms with Gasteiger partial charge in [0.25, 0.3) is 0 Å². The van der Waals surface area contributed by atoms with E-state index in [-0.39, 0.29) is 6.54 Å². The van der Waals surface area contributed by atoms with E-state index in [4.69, 9.17) is 5.73 Å². The molecule has 0 bridgehead atoms. The van der Waals surface area contributed by atoms with Gasteiger partial charge in [0.1, 0.15) is 0 Å². The van der Waals surface area contributed by atoms with E-state index in [1.807, 2.05) is 0 Å². The van der Waals surface area contributed by atoms with Crippen LogP contribution < -0.4 is 5.73 Å². The van der Waals surface area contributed by atoms with E-state index in [1.54, 1.807) is 0 Å². The molecule has 4 heteroatoms. The minimum absolute atomic E-state index is 0.148. The van der Waals surface area contributed by atoms with Crippen LogP contribution in [0.25, 0.3) is 0 Å². The van der Waals surface area contributed by atoms with Crippen molar-refractivity contribution in [1.29, 1.82) is 0 Å². The van der Waals surface area contributed by atoms with Crippen LogP contribution in [0, 0.1) is 5.41 Å². The van der Waals surface area contributed by atoms with Gasteiger partial charge >= 0.3 is 5.97 Å². The molecule has 0 aromatic rings. The number of carboxylic acids is 1. The van der Waals surface area contributed by atoms with Gasteiger partial charge in [-0.3, -0.25) is 4.79 Å². The van der Waals surface area contributed by atoms with Crippen molar-refractivity contribution in [2.24, 2.45) is 11.1 Å². The van der Waals surface area contributed by atoms with E-state index < -0.39 is 17.5 Å². The smallest absolute Gasteiger partial charge is 0.309 e. The summed E-state index contributed by atoms with van der Waals surface area (Å²) in [6.07, 6.45) is 3.99. The van der Waals surface area contributed by atoms with Crippen molar-refractivity contribution in [1.82, 2.24) is 0 Å². The third kappa shape index (κ3) is 2.45. The zero-order valence-electron chi connectivity index (χ0n) is 8.41. The van der Waals surface area contributed by atoms with Gasteiger partial charge in [-0.15, -0.1) is 0 Å². The van der Waals surface area contributed by atoms with Gasteiger partial charge < -0.3 is 15.9 Å². The largest absolute Gasteiger partial charge is 0.481 e. The quantitative estimate of drug-likeness (QED) is 0.626. The molecule has 1 aliphatic rings. The molecule has 82 valence electrons. The van der Waals surface area contributed by atoms with E-state index in [0.29, 0.717) is 19.3 Å². The summed E-state index contributed by atoms with van der Waals surface area (Å²) in [5.74, 6) is -0.773. The van der Waals surface area contributed by atoms with Gasteiger partial charge in [-0.05, 0) is 19.3 Å². The molecule has 1 saturated carbocycles. The molecule has 0 spiro atoms. The monoisotopic (exact) mass is 201 g/mol. The Morgan fingerprint density at radius 3 is 2.36 bits per heavy atom. The van der Waals surface area contributed by atoms with Crippen LogP contribution in [0.2, 0.25) is 0 Å². The first-order valence-electron chi connectivity index (χ1n) is 5.22. The van der Waals surface area contributed by atoms with Gasteiger partial charge in [0, 0.05) is 6.54 Å². The van der Waals surface area contributed by atoms with Crippen LogP contribution in [-0.4, -0.2) is 28.8 Å². The maximum absolute atomic E-state index is 11.2. The molecule has 1 aliphatic carbocycles. The second-order valence-electron chi connectivity index (χ2n) is 4.24. The molecule has 14 heavy (non-hydrogen) atoms. The molecule has 4 N–H and O–H groups in total. The van der Waals surface area contributed by atoms with Crippen LogP contribution in [0.4, 0.5) is 0 Å². The summed E-state index contributed by atoms with van der Waals surface area (Å²) < 4.78 is 0. The summed E-state index contributed by atoms with van der Waals surface area (Å²) in [5, 5.41) is 18.6. The van der Waals surface area contributed by atoms with Gasteiger partial charge in [-0.25, -0.2) is 0 Å². The van der Waals surface area contributed by atoms with E-state index >= 15 is 0 Å². The van der Waals surface area contributed by atoms with Crippen molar-refractivity contribution in [2.45, 2.75) is 44.6 Å². The highest BCUT2D eigenvalue weighted by Crippen LogP contribution is 2.40. The first kappa shape index (κ1) is 11.5. The first-order valence-corrected chi connectivity index (χ1v) is 5.22. The predicted octanol–water partition coefficient (Wildman–Crippen LogP) is 0.731. The fourth-order valence-electron chi connectivity index (χ4n) is 2.27. The Balaban J connectivity index is 2.65. The van der Waals surface area contributed by atoms with Crippen LogP contribution in [0.15, 0.2) is 0 Å². The number of hydrogen-bond donors (Lipinski definition) is 3. The van der Waals surface area contributed by atoms with E-state index in [9.17, 15) is 15.0 Å². The number of carbonyl (C=O) groups is 1. The van der Waals surface area contributed by atoms with Gasteiger partial charge in [-0.1, -0.05) is 19.3 Å². The van der Waals surface area contributed by atoms with Gasteiger partial charge in [0.05, 0.1) is 11.5 Å². The molecule has 1 atom stereocenters. The number of hydrogen-bond acceptors (Lipinski definition) is 3. The molecule has 0 aromatic heterocycles. The molecule has 0 radical (unpaired) electrons.